The van der Waals surface area contributed by atoms with Crippen LogP contribution in [0, 0.1) is 11.6 Å². The van der Waals surface area contributed by atoms with Crippen LogP contribution in [0.5, 0.6) is 23.0 Å². The summed E-state index contributed by atoms with van der Waals surface area (Å²) in [5, 5.41) is 4.75. The fraction of sp³-hybridized carbons (Fsp3) is 0.207. The first-order chi connectivity index (χ1) is 17.6. The third kappa shape index (κ3) is 3.35. The van der Waals surface area contributed by atoms with E-state index in [1.807, 2.05) is 24.3 Å². The molecule has 0 amide bonds. The second-order valence-electron chi connectivity index (χ2n) is 9.16. The largest absolute Gasteiger partial charge is 1.00 e. The first-order valence-corrected chi connectivity index (χ1v) is 11.8. The highest BCUT2D eigenvalue weighted by Gasteiger charge is 2.32. The minimum absolute atomic E-state index is 0. The van der Waals surface area contributed by atoms with Crippen LogP contribution in [-0.4, -0.2) is 21.0 Å². The number of ether oxygens (including phenoxy) is 4. The Bertz CT molecular complexity index is 1730. The zero-order valence-corrected chi connectivity index (χ0v) is 21.7. The summed E-state index contributed by atoms with van der Waals surface area (Å²) in [6.45, 7) is 0.893. The minimum atomic E-state index is -0.570. The Morgan fingerprint density at radius 3 is 2.49 bits per heavy atom. The van der Waals surface area contributed by atoms with E-state index in [2.05, 4.69) is 10.8 Å². The number of pyridine rings is 1. The number of fused-ring (bicyclic) bond motifs is 4. The average molecular weight is 566 g/mol. The van der Waals surface area contributed by atoms with Crippen molar-refractivity contribution in [1.29, 1.82) is 0 Å². The Hall–Kier alpha value is -3.65. The SMILES string of the molecule is COc1ccc2c(c[n+]3c4c2cc(Cc2c(F)cccc2F)c2c5c(cc(c24)CC3)OCO5)c1OC.[Br-]. The molecule has 0 fully saturated rings. The molecule has 5 nitrogen and oxygen atoms in total. The summed E-state index contributed by atoms with van der Waals surface area (Å²) in [7, 11) is 3.24. The molecule has 0 spiro atoms. The number of aromatic nitrogens is 1. The van der Waals surface area contributed by atoms with E-state index in [1.54, 1.807) is 14.2 Å². The van der Waals surface area contributed by atoms with Gasteiger partial charge >= 0.3 is 0 Å². The molecule has 0 radical (unpaired) electrons. The van der Waals surface area contributed by atoms with Crippen molar-refractivity contribution in [3.05, 3.63) is 77.0 Å². The molecule has 8 heteroatoms. The minimum Gasteiger partial charge on any atom is -1.00 e. The Kier molecular flexibility index (Phi) is 5.60. The van der Waals surface area contributed by atoms with E-state index in [4.69, 9.17) is 18.9 Å². The van der Waals surface area contributed by atoms with E-state index in [9.17, 15) is 8.78 Å². The predicted molar refractivity (Wildman–Crippen MR) is 131 cm³/mol. The van der Waals surface area contributed by atoms with Crippen LogP contribution in [0.3, 0.4) is 0 Å². The number of aryl methyl sites for hydroxylation is 2. The number of benzene rings is 4. The van der Waals surface area contributed by atoms with E-state index in [0.29, 0.717) is 23.0 Å². The first-order valence-electron chi connectivity index (χ1n) is 11.8. The van der Waals surface area contributed by atoms with Crippen LogP contribution in [0.1, 0.15) is 16.7 Å². The summed E-state index contributed by atoms with van der Waals surface area (Å²) in [6, 6.07) is 11.9. The number of halogens is 3. The maximum atomic E-state index is 14.8. The van der Waals surface area contributed by atoms with Crippen molar-refractivity contribution in [2.24, 2.45) is 0 Å². The smallest absolute Gasteiger partial charge is 0.231 e. The van der Waals surface area contributed by atoms with Crippen molar-refractivity contribution in [2.45, 2.75) is 19.4 Å². The lowest BCUT2D eigenvalue weighted by molar-refractivity contribution is -0.670. The molecule has 7 rings (SSSR count). The molecule has 0 N–H and O–H groups in total. The van der Waals surface area contributed by atoms with Gasteiger partial charge in [-0.25, -0.2) is 8.78 Å². The molecule has 188 valence electrons. The zero-order chi connectivity index (χ0) is 24.6. The van der Waals surface area contributed by atoms with Gasteiger partial charge in [0.15, 0.2) is 35.7 Å². The maximum absolute atomic E-state index is 14.8. The third-order valence-electron chi connectivity index (χ3n) is 7.37. The summed E-state index contributed by atoms with van der Waals surface area (Å²) in [5.74, 6) is 1.46. The van der Waals surface area contributed by atoms with Gasteiger partial charge in [-0.05, 0) is 47.5 Å². The van der Waals surface area contributed by atoms with Gasteiger partial charge in [-0.2, -0.15) is 4.57 Å². The third-order valence-corrected chi connectivity index (χ3v) is 7.37. The molecule has 1 aromatic heterocycles. The number of methoxy groups -OCH3 is 2. The van der Waals surface area contributed by atoms with Crippen LogP contribution in [0.4, 0.5) is 8.78 Å². The lowest BCUT2D eigenvalue weighted by atomic mass is 9.88. The molecular formula is C29H22BrF2NO4. The van der Waals surface area contributed by atoms with Crippen LogP contribution in [0.2, 0.25) is 0 Å². The molecule has 3 heterocycles. The van der Waals surface area contributed by atoms with E-state index < -0.39 is 11.6 Å². The van der Waals surface area contributed by atoms with Gasteiger partial charge in [-0.1, -0.05) is 6.07 Å². The fourth-order valence-corrected chi connectivity index (χ4v) is 5.81. The van der Waals surface area contributed by atoms with Crippen molar-refractivity contribution >= 4 is 32.4 Å². The highest BCUT2D eigenvalue weighted by molar-refractivity contribution is 6.18. The van der Waals surface area contributed by atoms with Crippen LogP contribution in [0.15, 0.2) is 48.7 Å². The van der Waals surface area contributed by atoms with E-state index >= 15 is 0 Å². The van der Waals surface area contributed by atoms with Gasteiger partial charge in [0.2, 0.25) is 12.3 Å². The van der Waals surface area contributed by atoms with Gasteiger partial charge < -0.3 is 35.9 Å². The molecule has 2 aliphatic rings. The first kappa shape index (κ1) is 23.7. The van der Waals surface area contributed by atoms with Crippen molar-refractivity contribution in [3.8, 4) is 23.0 Å². The monoisotopic (exact) mass is 565 g/mol. The Balaban J connectivity index is 0.00000252. The molecule has 0 saturated heterocycles. The summed E-state index contributed by atoms with van der Waals surface area (Å²) < 4.78 is 54.8. The van der Waals surface area contributed by atoms with Gasteiger partial charge in [0, 0.05) is 29.2 Å². The summed E-state index contributed by atoms with van der Waals surface area (Å²) >= 11 is 0. The van der Waals surface area contributed by atoms with Crippen molar-refractivity contribution in [1.82, 2.24) is 0 Å². The quantitative estimate of drug-likeness (QED) is 0.248. The molecule has 4 aromatic carbocycles. The molecule has 0 saturated carbocycles. The molecule has 0 atom stereocenters. The average Bonchev–Trinajstić information content (AvgIpc) is 3.36. The zero-order valence-electron chi connectivity index (χ0n) is 20.2. The van der Waals surface area contributed by atoms with Crippen LogP contribution in [-0.2, 0) is 19.4 Å². The topological polar surface area (TPSA) is 40.8 Å². The number of nitrogens with zero attached hydrogens (tertiary/aromatic N) is 1. The predicted octanol–water partition coefficient (Wildman–Crippen LogP) is 2.61. The molecular weight excluding hydrogens is 544 g/mol. The highest BCUT2D eigenvalue weighted by atomic mass is 79.9. The second kappa shape index (κ2) is 8.73. The number of hydrogen-bond acceptors (Lipinski definition) is 4. The molecule has 37 heavy (non-hydrogen) atoms. The van der Waals surface area contributed by atoms with E-state index in [-0.39, 0.29) is 35.8 Å². The molecule has 5 aromatic rings. The van der Waals surface area contributed by atoms with Gasteiger partial charge in [-0.3, -0.25) is 0 Å². The van der Waals surface area contributed by atoms with E-state index in [1.165, 1.54) is 18.2 Å². The van der Waals surface area contributed by atoms with Crippen LogP contribution >= 0.6 is 0 Å². The summed E-state index contributed by atoms with van der Waals surface area (Å²) in [4.78, 5) is 0. The van der Waals surface area contributed by atoms with Gasteiger partial charge in [0.25, 0.3) is 0 Å². The lowest BCUT2D eigenvalue weighted by Crippen LogP contribution is -3.00. The van der Waals surface area contributed by atoms with Crippen LogP contribution in [0.25, 0.3) is 32.4 Å². The summed E-state index contributed by atoms with van der Waals surface area (Å²) in [6.07, 6.45) is 2.96. The standard InChI is InChI=1S/C29H22F2NO4.BrH/c1-33-23-7-6-17-18-10-16(11-19-21(30)4-3-5-22(19)31)26-25-15(12-24-29(26)36-14-35-24)8-9-32(27(18)25)13-20(17)28(23)34-2;/h3-7,10,12-13H,8-9,11,14H2,1-2H3;1H/q+1;/p-1. The Labute approximate surface area is 221 Å². The maximum Gasteiger partial charge on any atom is 0.231 e. The molecule has 0 aliphatic carbocycles. The highest BCUT2D eigenvalue weighted by Crippen LogP contribution is 2.48. The number of hydrogen-bond donors (Lipinski definition) is 0. The van der Waals surface area contributed by atoms with Gasteiger partial charge in [0.05, 0.1) is 30.4 Å². The van der Waals surface area contributed by atoms with Gasteiger partial charge in [-0.15, -0.1) is 0 Å². The normalized spacial score (nSPS) is 13.4. The lowest BCUT2D eigenvalue weighted by Gasteiger charge is -2.20. The number of rotatable bonds is 4. The van der Waals surface area contributed by atoms with Crippen LogP contribution < -0.4 is 40.5 Å². The van der Waals surface area contributed by atoms with Gasteiger partial charge in [0.1, 0.15) is 11.6 Å². The molecule has 0 unspecified atom stereocenters. The Morgan fingerprint density at radius 2 is 1.73 bits per heavy atom. The Morgan fingerprint density at radius 1 is 0.919 bits per heavy atom. The fourth-order valence-electron chi connectivity index (χ4n) is 5.81. The second-order valence-corrected chi connectivity index (χ2v) is 9.16. The molecule has 2 aliphatic heterocycles. The van der Waals surface area contributed by atoms with E-state index in [0.717, 1.165) is 56.5 Å². The van der Waals surface area contributed by atoms with Crippen molar-refractivity contribution in [3.63, 3.8) is 0 Å². The van der Waals surface area contributed by atoms with Crippen molar-refractivity contribution < 1.29 is 49.3 Å². The molecule has 0 bridgehead atoms. The summed E-state index contributed by atoms with van der Waals surface area (Å²) in [5.41, 5.74) is 3.00. The van der Waals surface area contributed by atoms with Crippen molar-refractivity contribution in [2.75, 3.05) is 21.0 Å².